The van der Waals surface area contributed by atoms with E-state index >= 15 is 0 Å². The first-order chi connectivity index (χ1) is 16.9. The number of piperidine rings is 1. The number of primary amides is 1. The minimum atomic E-state index is -0.478. The maximum absolute atomic E-state index is 12.2. The molecular weight excluding hydrogens is 442 g/mol. The lowest BCUT2D eigenvalue weighted by molar-refractivity contribution is 0.100. The number of nitrogens with zero attached hydrogens (tertiary/aromatic N) is 6. The Hall–Kier alpha value is -3.53. The Morgan fingerprint density at radius 1 is 1.14 bits per heavy atom. The largest absolute Gasteiger partial charge is 0.366 e. The normalized spacial score (nSPS) is 23.9. The van der Waals surface area contributed by atoms with Gasteiger partial charge in [-0.25, -0.2) is 0 Å². The summed E-state index contributed by atoms with van der Waals surface area (Å²) in [6.45, 7) is 7.88. The van der Waals surface area contributed by atoms with Crippen molar-refractivity contribution in [3.63, 3.8) is 0 Å². The van der Waals surface area contributed by atoms with Crippen LogP contribution in [0.1, 0.15) is 49.2 Å². The van der Waals surface area contributed by atoms with Gasteiger partial charge in [0.15, 0.2) is 11.6 Å². The van der Waals surface area contributed by atoms with Crippen molar-refractivity contribution in [2.24, 2.45) is 17.6 Å². The molecule has 0 saturated carbocycles. The number of hydrogen-bond donors (Lipinski definition) is 3. The summed E-state index contributed by atoms with van der Waals surface area (Å²) in [4.78, 5) is 15.5. The molecule has 3 aromatic heterocycles. The van der Waals surface area contributed by atoms with E-state index in [1.165, 1.54) is 6.42 Å². The maximum Gasteiger partial charge on any atom is 0.248 e. The molecule has 2 aliphatic heterocycles. The van der Waals surface area contributed by atoms with E-state index in [0.717, 1.165) is 59.7 Å². The molecule has 182 valence electrons. The van der Waals surface area contributed by atoms with Gasteiger partial charge in [0.2, 0.25) is 5.91 Å². The van der Waals surface area contributed by atoms with Gasteiger partial charge in [-0.15, -0.1) is 10.2 Å². The number of carbonyl (C=O) groups is 1. The zero-order valence-electron chi connectivity index (χ0n) is 20.3. The summed E-state index contributed by atoms with van der Waals surface area (Å²) in [5.41, 5.74) is 9.59. The highest BCUT2D eigenvalue weighted by atomic mass is 16.1. The van der Waals surface area contributed by atoms with E-state index in [4.69, 9.17) is 10.8 Å². The Morgan fingerprint density at radius 3 is 2.74 bits per heavy atom. The van der Waals surface area contributed by atoms with E-state index in [2.05, 4.69) is 32.5 Å². The average molecular weight is 474 g/mol. The molecule has 4 N–H and O–H groups in total. The lowest BCUT2D eigenvalue weighted by atomic mass is 9.91. The summed E-state index contributed by atoms with van der Waals surface area (Å²) in [6.07, 6.45) is 5.41. The molecule has 4 aromatic rings. The first kappa shape index (κ1) is 22.0. The number of aryl methyl sites for hydroxylation is 2. The summed E-state index contributed by atoms with van der Waals surface area (Å²) >= 11 is 0. The Labute approximate surface area is 203 Å². The van der Waals surface area contributed by atoms with Gasteiger partial charge in [-0.3, -0.25) is 14.2 Å². The minimum Gasteiger partial charge on any atom is -0.366 e. The number of aromatic nitrogens is 7. The molecular formula is C25H31N9O. The zero-order valence-corrected chi connectivity index (χ0v) is 20.3. The second-order valence-electron chi connectivity index (χ2n) is 10.2. The summed E-state index contributed by atoms with van der Waals surface area (Å²) in [5, 5.41) is 22.7. The van der Waals surface area contributed by atoms with E-state index in [1.807, 2.05) is 41.5 Å². The van der Waals surface area contributed by atoms with Crippen LogP contribution >= 0.6 is 0 Å². The van der Waals surface area contributed by atoms with Crippen LogP contribution in [0.2, 0.25) is 0 Å². The Kier molecular flexibility index (Phi) is 5.21. The topological polar surface area (TPSA) is 132 Å². The van der Waals surface area contributed by atoms with Crippen molar-refractivity contribution in [2.45, 2.75) is 65.2 Å². The van der Waals surface area contributed by atoms with Gasteiger partial charge in [-0.1, -0.05) is 6.92 Å². The van der Waals surface area contributed by atoms with E-state index in [9.17, 15) is 4.79 Å². The molecule has 10 nitrogen and oxygen atoms in total. The summed E-state index contributed by atoms with van der Waals surface area (Å²) in [6, 6.07) is 6.79. The molecule has 6 rings (SSSR count). The van der Waals surface area contributed by atoms with Crippen LogP contribution in [0.25, 0.3) is 33.8 Å². The van der Waals surface area contributed by atoms with Gasteiger partial charge < -0.3 is 16.0 Å². The molecule has 35 heavy (non-hydrogen) atoms. The highest BCUT2D eigenvalue weighted by molar-refractivity contribution is 6.02. The molecule has 4 atom stereocenters. The molecule has 5 heterocycles. The number of nitrogens with two attached hydrogens (primary N) is 1. The Bertz CT molecular complexity index is 1410. The molecule has 2 fully saturated rings. The number of aromatic amines is 1. The van der Waals surface area contributed by atoms with Crippen molar-refractivity contribution in [2.75, 3.05) is 0 Å². The number of hydrogen-bond acceptors (Lipinski definition) is 6. The van der Waals surface area contributed by atoms with Gasteiger partial charge in [-0.2, -0.15) is 10.2 Å². The third-order valence-corrected chi connectivity index (χ3v) is 7.66. The third kappa shape index (κ3) is 3.81. The van der Waals surface area contributed by atoms with E-state index in [-0.39, 0.29) is 0 Å². The summed E-state index contributed by atoms with van der Waals surface area (Å²) in [5.74, 6) is 2.00. The van der Waals surface area contributed by atoms with Gasteiger partial charge >= 0.3 is 0 Å². The number of nitrogens with one attached hydrogen (secondary N) is 2. The van der Waals surface area contributed by atoms with Crippen LogP contribution in [0.15, 0.2) is 24.4 Å². The smallest absolute Gasteiger partial charge is 0.248 e. The van der Waals surface area contributed by atoms with Gasteiger partial charge in [0.1, 0.15) is 5.69 Å². The van der Waals surface area contributed by atoms with E-state index in [0.29, 0.717) is 35.2 Å². The van der Waals surface area contributed by atoms with Crippen LogP contribution in [0.3, 0.4) is 0 Å². The molecule has 2 bridgehead atoms. The Balaban J connectivity index is 1.38. The van der Waals surface area contributed by atoms with Crippen LogP contribution in [0.4, 0.5) is 0 Å². The fourth-order valence-electron chi connectivity index (χ4n) is 6.00. The monoisotopic (exact) mass is 473 g/mol. The first-order valence-corrected chi connectivity index (χ1v) is 12.4. The molecule has 0 unspecified atom stereocenters. The summed E-state index contributed by atoms with van der Waals surface area (Å²) in [7, 11) is 0. The van der Waals surface area contributed by atoms with Crippen molar-refractivity contribution in [1.82, 2.24) is 40.1 Å². The highest BCUT2D eigenvalue weighted by Gasteiger charge is 2.38. The minimum absolute atomic E-state index is 0.431. The van der Waals surface area contributed by atoms with Gasteiger partial charge in [0, 0.05) is 41.7 Å². The van der Waals surface area contributed by atoms with Crippen molar-refractivity contribution in [3.8, 4) is 22.9 Å². The number of rotatable bonds is 6. The standard InChI is InChI=1S/C25H31N9O/c1-4-33-22(6-14(3)32-33)25-29-24(30-31-25)18-9-16(23(26)35)10-21-19(18)11-27-34(21)12-15-7-17-5-13(2)20(8-15)28-17/h6,9-11,13,15,17,20,28H,4-5,7-8,12H2,1-3H3,(H2,26,35)(H,29,30,31)/t13-,15+,17-,20-/m0/s1. The number of benzene rings is 1. The van der Waals surface area contributed by atoms with Crippen molar-refractivity contribution in [3.05, 3.63) is 35.7 Å². The van der Waals surface area contributed by atoms with Gasteiger partial charge in [-0.05, 0) is 63.1 Å². The van der Waals surface area contributed by atoms with Crippen LogP contribution in [0.5, 0.6) is 0 Å². The fraction of sp³-hybridized carbons (Fsp3) is 0.480. The number of fused-ring (bicyclic) bond motifs is 3. The van der Waals surface area contributed by atoms with Crippen LogP contribution in [-0.2, 0) is 13.1 Å². The third-order valence-electron chi connectivity index (χ3n) is 7.66. The van der Waals surface area contributed by atoms with E-state index in [1.54, 1.807) is 6.07 Å². The maximum atomic E-state index is 12.2. The molecule has 0 spiro atoms. The second kappa shape index (κ2) is 8.30. The Morgan fingerprint density at radius 2 is 1.97 bits per heavy atom. The van der Waals surface area contributed by atoms with Gasteiger partial charge in [0.05, 0.1) is 17.4 Å². The van der Waals surface area contributed by atoms with Crippen molar-refractivity contribution < 1.29 is 4.79 Å². The van der Waals surface area contributed by atoms with Crippen LogP contribution in [0, 0.1) is 18.8 Å². The first-order valence-electron chi connectivity index (χ1n) is 12.4. The quantitative estimate of drug-likeness (QED) is 0.394. The fourth-order valence-corrected chi connectivity index (χ4v) is 6.00. The predicted octanol–water partition coefficient (Wildman–Crippen LogP) is 2.89. The highest BCUT2D eigenvalue weighted by Crippen LogP contribution is 2.36. The predicted molar refractivity (Wildman–Crippen MR) is 132 cm³/mol. The van der Waals surface area contributed by atoms with E-state index < -0.39 is 5.91 Å². The average Bonchev–Trinajstić information content (AvgIpc) is 3.60. The second-order valence-corrected chi connectivity index (χ2v) is 10.2. The molecule has 10 heteroatoms. The molecule has 2 aliphatic rings. The van der Waals surface area contributed by atoms with Crippen molar-refractivity contribution >= 4 is 16.8 Å². The van der Waals surface area contributed by atoms with Crippen molar-refractivity contribution in [1.29, 1.82) is 0 Å². The molecule has 2 saturated heterocycles. The summed E-state index contributed by atoms with van der Waals surface area (Å²) < 4.78 is 3.91. The van der Waals surface area contributed by atoms with Crippen LogP contribution in [-0.4, -0.2) is 52.7 Å². The lowest BCUT2D eigenvalue weighted by Crippen LogP contribution is -2.40. The van der Waals surface area contributed by atoms with Gasteiger partial charge in [0.25, 0.3) is 0 Å². The number of carbonyl (C=O) groups excluding carboxylic acids is 1. The number of H-pyrrole nitrogens is 1. The molecule has 0 radical (unpaired) electrons. The molecule has 1 amide bonds. The SMILES string of the molecule is CCn1nc(C)cc1-c1nnc(-c2cc(C(N)=O)cc3c2cnn3C[C@@H]2C[C@@H]3C[C@H](C)[C@H](C2)N3)[nH]1. The molecule has 1 aromatic carbocycles. The van der Waals surface area contributed by atoms with Crippen LogP contribution < -0.4 is 11.1 Å². The number of amides is 1. The zero-order chi connectivity index (χ0) is 24.3. The molecule has 0 aliphatic carbocycles. The lowest BCUT2D eigenvalue weighted by Gasteiger charge is -2.30.